The maximum atomic E-state index is 12.6. The summed E-state index contributed by atoms with van der Waals surface area (Å²) in [6.45, 7) is 6.89. The van der Waals surface area contributed by atoms with E-state index in [0.717, 1.165) is 53.1 Å². The summed E-state index contributed by atoms with van der Waals surface area (Å²) in [5.41, 5.74) is 6.82. The van der Waals surface area contributed by atoms with Crippen LogP contribution in [0.1, 0.15) is 68.4 Å². The number of nitrogens with zero attached hydrogens (tertiary/aromatic N) is 1. The van der Waals surface area contributed by atoms with E-state index in [1.165, 1.54) is 20.0 Å². The molecule has 0 spiro atoms. The van der Waals surface area contributed by atoms with E-state index < -0.39 is 0 Å². The molecule has 37 heavy (non-hydrogen) atoms. The zero-order chi connectivity index (χ0) is 26.4. The molecule has 194 valence electrons. The minimum absolute atomic E-state index is 0.0138. The lowest BCUT2D eigenvalue weighted by atomic mass is 9.88. The van der Waals surface area contributed by atoms with Crippen molar-refractivity contribution in [1.29, 1.82) is 0 Å². The predicted octanol–water partition coefficient (Wildman–Crippen LogP) is 7.04. The fraction of sp³-hybridized carbons (Fsp3) is 0.355. The molecule has 6 nitrogen and oxygen atoms in total. The van der Waals surface area contributed by atoms with Gasteiger partial charge >= 0.3 is 5.97 Å². The second-order valence-corrected chi connectivity index (χ2v) is 9.73. The van der Waals surface area contributed by atoms with Gasteiger partial charge in [0.15, 0.2) is 0 Å². The summed E-state index contributed by atoms with van der Waals surface area (Å²) in [6, 6.07) is 22.3. The van der Waals surface area contributed by atoms with Crippen molar-refractivity contribution in [3.05, 3.63) is 77.9 Å². The highest BCUT2D eigenvalue weighted by Gasteiger charge is 2.32. The molecule has 1 aliphatic rings. The van der Waals surface area contributed by atoms with Crippen LogP contribution in [-0.2, 0) is 9.53 Å². The number of hydrogen-bond donors (Lipinski definition) is 2. The molecule has 2 N–H and O–H groups in total. The minimum atomic E-state index is -0.355. The number of carbonyl (C=O) groups is 2. The lowest BCUT2D eigenvalue weighted by Gasteiger charge is -2.39. The molecule has 3 aromatic rings. The molecule has 1 amide bonds. The van der Waals surface area contributed by atoms with Gasteiger partial charge in [0.05, 0.1) is 18.7 Å². The highest BCUT2D eigenvalue weighted by atomic mass is 16.5. The Morgan fingerprint density at radius 1 is 0.973 bits per heavy atom. The molecular formula is C31H37N3O3. The Morgan fingerprint density at radius 2 is 1.73 bits per heavy atom. The molecule has 2 atom stereocenters. The molecule has 0 bridgehead atoms. The average Bonchev–Trinajstić information content (AvgIpc) is 2.91. The standard InChI is InChI=1S/C31H37N3O3/c1-5-6-7-17-32-27-10-8-9-24(19-27)25-13-16-30-28(20-25)29(18-21(2)34(30)22(3)35)33-26-14-11-23(12-15-26)31(36)37-4/h8-16,19-21,29,32-33H,5-7,17-18H2,1-4H3/t21-,29+/m0/s1. The summed E-state index contributed by atoms with van der Waals surface area (Å²) >= 11 is 0. The van der Waals surface area contributed by atoms with Crippen LogP contribution in [0.25, 0.3) is 11.1 Å². The summed E-state index contributed by atoms with van der Waals surface area (Å²) in [5, 5.41) is 7.18. The third-order valence-corrected chi connectivity index (χ3v) is 6.97. The minimum Gasteiger partial charge on any atom is -0.465 e. The van der Waals surface area contributed by atoms with Crippen LogP contribution in [0, 0.1) is 0 Å². The van der Waals surface area contributed by atoms with Crippen LogP contribution in [0.4, 0.5) is 17.1 Å². The molecule has 0 aliphatic carbocycles. The van der Waals surface area contributed by atoms with Gasteiger partial charge < -0.3 is 20.3 Å². The smallest absolute Gasteiger partial charge is 0.337 e. The number of anilines is 3. The number of benzene rings is 3. The predicted molar refractivity (Wildman–Crippen MR) is 151 cm³/mol. The molecule has 0 saturated carbocycles. The van der Waals surface area contributed by atoms with Crippen molar-refractivity contribution >= 4 is 28.9 Å². The van der Waals surface area contributed by atoms with Crippen molar-refractivity contribution in [3.8, 4) is 11.1 Å². The van der Waals surface area contributed by atoms with Gasteiger partial charge in [0.1, 0.15) is 0 Å². The zero-order valence-electron chi connectivity index (χ0n) is 22.2. The summed E-state index contributed by atoms with van der Waals surface area (Å²) < 4.78 is 4.82. The monoisotopic (exact) mass is 499 g/mol. The number of esters is 1. The van der Waals surface area contributed by atoms with Crippen LogP contribution in [0.3, 0.4) is 0 Å². The van der Waals surface area contributed by atoms with Gasteiger partial charge in [-0.3, -0.25) is 4.79 Å². The van der Waals surface area contributed by atoms with Gasteiger partial charge in [-0.15, -0.1) is 0 Å². The SMILES string of the molecule is CCCCCNc1cccc(-c2ccc3c(c2)[C@H](Nc2ccc(C(=O)OC)cc2)C[C@H](C)N3C(C)=O)c1. The number of ether oxygens (including phenoxy) is 1. The van der Waals surface area contributed by atoms with Crippen molar-refractivity contribution in [2.24, 2.45) is 0 Å². The van der Waals surface area contributed by atoms with Gasteiger partial charge in [-0.2, -0.15) is 0 Å². The molecule has 0 fully saturated rings. The van der Waals surface area contributed by atoms with Crippen molar-refractivity contribution in [2.45, 2.75) is 58.5 Å². The Balaban J connectivity index is 1.64. The third-order valence-electron chi connectivity index (χ3n) is 6.97. The van der Waals surface area contributed by atoms with Crippen LogP contribution in [0.15, 0.2) is 66.7 Å². The van der Waals surface area contributed by atoms with E-state index in [-0.39, 0.29) is 24.0 Å². The number of amides is 1. The van der Waals surface area contributed by atoms with Crippen molar-refractivity contribution in [2.75, 3.05) is 29.2 Å². The van der Waals surface area contributed by atoms with Gasteiger partial charge in [-0.05, 0) is 85.0 Å². The van der Waals surface area contributed by atoms with E-state index >= 15 is 0 Å². The van der Waals surface area contributed by atoms with E-state index in [2.05, 4.69) is 66.9 Å². The van der Waals surface area contributed by atoms with Crippen LogP contribution < -0.4 is 15.5 Å². The van der Waals surface area contributed by atoms with Crippen LogP contribution in [0.2, 0.25) is 0 Å². The maximum Gasteiger partial charge on any atom is 0.337 e. The zero-order valence-corrected chi connectivity index (χ0v) is 22.2. The molecule has 6 heteroatoms. The molecular weight excluding hydrogens is 462 g/mol. The van der Waals surface area contributed by atoms with E-state index in [9.17, 15) is 9.59 Å². The summed E-state index contributed by atoms with van der Waals surface area (Å²) in [5.74, 6) is -0.312. The normalized spacial score (nSPS) is 16.6. The van der Waals surface area contributed by atoms with Crippen LogP contribution in [-0.4, -0.2) is 31.6 Å². The molecule has 0 unspecified atom stereocenters. The summed E-state index contributed by atoms with van der Waals surface area (Å²) in [6.07, 6.45) is 4.36. The van der Waals surface area contributed by atoms with E-state index in [1.54, 1.807) is 19.1 Å². The van der Waals surface area contributed by atoms with Gasteiger partial charge in [0.2, 0.25) is 5.91 Å². The second-order valence-electron chi connectivity index (χ2n) is 9.73. The van der Waals surface area contributed by atoms with E-state index in [0.29, 0.717) is 5.56 Å². The van der Waals surface area contributed by atoms with Crippen molar-refractivity contribution < 1.29 is 14.3 Å². The number of nitrogens with one attached hydrogen (secondary N) is 2. The lowest BCUT2D eigenvalue weighted by molar-refractivity contribution is -0.117. The number of carbonyl (C=O) groups excluding carboxylic acids is 2. The molecule has 3 aromatic carbocycles. The first kappa shape index (κ1) is 26.3. The third kappa shape index (κ3) is 6.13. The van der Waals surface area contributed by atoms with E-state index in [1.807, 2.05) is 17.0 Å². The van der Waals surface area contributed by atoms with Gasteiger partial charge in [0.25, 0.3) is 0 Å². The molecule has 1 heterocycles. The first-order chi connectivity index (χ1) is 17.9. The molecule has 0 aromatic heterocycles. The Hall–Kier alpha value is -3.80. The largest absolute Gasteiger partial charge is 0.465 e. The topological polar surface area (TPSA) is 70.7 Å². The quantitative estimate of drug-likeness (QED) is 0.244. The second kappa shape index (κ2) is 12.0. The Kier molecular flexibility index (Phi) is 8.49. The number of hydrogen-bond acceptors (Lipinski definition) is 5. The lowest BCUT2D eigenvalue weighted by Crippen LogP contribution is -2.43. The average molecular weight is 500 g/mol. The number of rotatable bonds is 9. The van der Waals surface area contributed by atoms with E-state index in [4.69, 9.17) is 4.74 Å². The van der Waals surface area contributed by atoms with Gasteiger partial charge in [0, 0.05) is 36.6 Å². The number of methoxy groups -OCH3 is 1. The molecule has 0 saturated heterocycles. The van der Waals surface area contributed by atoms with Crippen LogP contribution >= 0.6 is 0 Å². The van der Waals surface area contributed by atoms with Crippen molar-refractivity contribution in [1.82, 2.24) is 0 Å². The fourth-order valence-electron chi connectivity index (χ4n) is 5.10. The van der Waals surface area contributed by atoms with Gasteiger partial charge in [-0.25, -0.2) is 4.79 Å². The highest BCUT2D eigenvalue weighted by molar-refractivity contribution is 5.94. The highest BCUT2D eigenvalue weighted by Crippen LogP contribution is 2.41. The van der Waals surface area contributed by atoms with Crippen LogP contribution in [0.5, 0.6) is 0 Å². The van der Waals surface area contributed by atoms with Crippen molar-refractivity contribution in [3.63, 3.8) is 0 Å². The Labute approximate surface area is 220 Å². The maximum absolute atomic E-state index is 12.6. The number of unbranched alkanes of at least 4 members (excludes halogenated alkanes) is 2. The summed E-state index contributed by atoms with van der Waals surface area (Å²) in [7, 11) is 1.38. The molecule has 4 rings (SSSR count). The first-order valence-corrected chi connectivity index (χ1v) is 13.1. The first-order valence-electron chi connectivity index (χ1n) is 13.1. The Morgan fingerprint density at radius 3 is 2.43 bits per heavy atom. The number of fused-ring (bicyclic) bond motifs is 1. The summed E-state index contributed by atoms with van der Waals surface area (Å²) in [4.78, 5) is 26.3. The van der Waals surface area contributed by atoms with Gasteiger partial charge in [-0.1, -0.05) is 38.0 Å². The Bertz CT molecular complexity index is 1240. The molecule has 0 radical (unpaired) electrons. The molecule has 1 aliphatic heterocycles. The fourth-order valence-corrected chi connectivity index (χ4v) is 5.10.